The third kappa shape index (κ3) is 4.87. The van der Waals surface area contributed by atoms with Gasteiger partial charge in [-0.3, -0.25) is 0 Å². The number of unbranched alkanes of at least 4 members (excludes halogenated alkanes) is 2. The molecule has 0 unspecified atom stereocenters. The Morgan fingerprint density at radius 1 is 1.10 bits per heavy atom. The van der Waals surface area contributed by atoms with Crippen molar-refractivity contribution in [2.24, 2.45) is 0 Å². The summed E-state index contributed by atoms with van der Waals surface area (Å²) in [5, 5.41) is 3.06. The molecule has 0 heterocycles. The first-order chi connectivity index (χ1) is 9.60. The fourth-order valence-electron chi connectivity index (χ4n) is 2.09. The quantitative estimate of drug-likeness (QED) is 0.766. The van der Waals surface area contributed by atoms with Gasteiger partial charge < -0.3 is 10.2 Å². The van der Waals surface area contributed by atoms with Gasteiger partial charge in [0.1, 0.15) is 0 Å². The molecule has 0 aliphatic rings. The van der Waals surface area contributed by atoms with Crippen LogP contribution in [0.3, 0.4) is 0 Å². The molecule has 3 nitrogen and oxygen atoms in total. The summed E-state index contributed by atoms with van der Waals surface area (Å²) in [7, 11) is 0. The molecule has 0 radical (unpaired) electrons. The lowest BCUT2D eigenvalue weighted by atomic mass is 10.1. The summed E-state index contributed by atoms with van der Waals surface area (Å²) < 4.78 is 0. The van der Waals surface area contributed by atoms with Crippen LogP contribution in [0.2, 0.25) is 0 Å². The SMILES string of the molecule is CCCCN(CCCC)C(=O)Nc1cccc(C)c1C. The molecule has 0 spiro atoms. The summed E-state index contributed by atoms with van der Waals surface area (Å²) in [4.78, 5) is 14.3. The number of hydrogen-bond donors (Lipinski definition) is 1. The van der Waals surface area contributed by atoms with E-state index < -0.39 is 0 Å². The van der Waals surface area contributed by atoms with E-state index in [1.54, 1.807) is 0 Å². The Morgan fingerprint density at radius 2 is 1.70 bits per heavy atom. The van der Waals surface area contributed by atoms with E-state index in [0.29, 0.717) is 0 Å². The Kier molecular flexibility index (Phi) is 7.13. The molecule has 0 atom stereocenters. The van der Waals surface area contributed by atoms with Crippen LogP contribution in [0.1, 0.15) is 50.7 Å². The lowest BCUT2D eigenvalue weighted by Crippen LogP contribution is -2.36. The topological polar surface area (TPSA) is 32.3 Å². The van der Waals surface area contributed by atoms with Crippen molar-refractivity contribution in [2.75, 3.05) is 18.4 Å². The number of carbonyl (C=O) groups excluding carboxylic acids is 1. The van der Waals surface area contributed by atoms with Crippen molar-refractivity contribution >= 4 is 11.7 Å². The molecule has 112 valence electrons. The van der Waals surface area contributed by atoms with E-state index in [1.807, 2.05) is 24.0 Å². The molecule has 0 aromatic heterocycles. The van der Waals surface area contributed by atoms with Gasteiger partial charge in [-0.05, 0) is 43.9 Å². The lowest BCUT2D eigenvalue weighted by Gasteiger charge is -2.23. The Labute approximate surface area is 123 Å². The fourth-order valence-corrected chi connectivity index (χ4v) is 2.09. The number of urea groups is 1. The van der Waals surface area contributed by atoms with Crippen molar-refractivity contribution in [3.8, 4) is 0 Å². The summed E-state index contributed by atoms with van der Waals surface area (Å²) in [5.41, 5.74) is 3.27. The van der Waals surface area contributed by atoms with Crippen LogP contribution in [-0.4, -0.2) is 24.0 Å². The van der Waals surface area contributed by atoms with Crippen LogP contribution in [-0.2, 0) is 0 Å². The highest BCUT2D eigenvalue weighted by molar-refractivity contribution is 5.90. The molecular weight excluding hydrogens is 248 g/mol. The van der Waals surface area contributed by atoms with E-state index in [9.17, 15) is 4.79 Å². The molecule has 0 saturated carbocycles. The fraction of sp³-hybridized carbons (Fsp3) is 0.588. The molecule has 3 heteroatoms. The minimum absolute atomic E-state index is 0.0283. The number of rotatable bonds is 7. The number of hydrogen-bond acceptors (Lipinski definition) is 1. The van der Waals surface area contributed by atoms with Gasteiger partial charge >= 0.3 is 6.03 Å². The maximum absolute atomic E-state index is 12.4. The summed E-state index contributed by atoms with van der Waals surface area (Å²) in [6.07, 6.45) is 4.34. The highest BCUT2D eigenvalue weighted by Gasteiger charge is 2.13. The average Bonchev–Trinajstić information content (AvgIpc) is 2.44. The van der Waals surface area contributed by atoms with Crippen molar-refractivity contribution in [2.45, 2.75) is 53.4 Å². The molecule has 1 N–H and O–H groups in total. The van der Waals surface area contributed by atoms with Gasteiger partial charge in [0.15, 0.2) is 0 Å². The number of aryl methyl sites for hydroxylation is 1. The van der Waals surface area contributed by atoms with Crippen molar-refractivity contribution in [1.82, 2.24) is 4.90 Å². The van der Waals surface area contributed by atoms with Crippen LogP contribution in [0.25, 0.3) is 0 Å². The van der Waals surface area contributed by atoms with Gasteiger partial charge in [-0.15, -0.1) is 0 Å². The van der Waals surface area contributed by atoms with E-state index in [-0.39, 0.29) is 6.03 Å². The van der Waals surface area contributed by atoms with Gasteiger partial charge in [0, 0.05) is 18.8 Å². The largest absolute Gasteiger partial charge is 0.325 e. The predicted molar refractivity (Wildman–Crippen MR) is 86.3 cm³/mol. The summed E-state index contributed by atoms with van der Waals surface area (Å²) >= 11 is 0. The van der Waals surface area contributed by atoms with Gasteiger partial charge in [-0.25, -0.2) is 4.79 Å². The highest BCUT2D eigenvalue weighted by Crippen LogP contribution is 2.18. The van der Waals surface area contributed by atoms with Crippen LogP contribution < -0.4 is 5.32 Å². The Balaban J connectivity index is 2.71. The molecule has 2 amide bonds. The van der Waals surface area contributed by atoms with Crippen molar-refractivity contribution in [3.05, 3.63) is 29.3 Å². The molecule has 1 rings (SSSR count). The second kappa shape index (κ2) is 8.62. The molecule has 0 aliphatic carbocycles. The number of amides is 2. The van der Waals surface area contributed by atoms with E-state index in [0.717, 1.165) is 50.0 Å². The van der Waals surface area contributed by atoms with Crippen LogP contribution in [0.15, 0.2) is 18.2 Å². The third-order valence-electron chi connectivity index (χ3n) is 3.70. The monoisotopic (exact) mass is 276 g/mol. The summed E-state index contributed by atoms with van der Waals surface area (Å²) in [6.45, 7) is 10.1. The van der Waals surface area contributed by atoms with Crippen LogP contribution >= 0.6 is 0 Å². The zero-order chi connectivity index (χ0) is 15.0. The maximum atomic E-state index is 12.4. The zero-order valence-corrected chi connectivity index (χ0v) is 13.3. The van der Waals surface area contributed by atoms with Gasteiger partial charge in [0.25, 0.3) is 0 Å². The minimum atomic E-state index is 0.0283. The molecule has 0 bridgehead atoms. The van der Waals surface area contributed by atoms with Crippen molar-refractivity contribution in [1.29, 1.82) is 0 Å². The van der Waals surface area contributed by atoms with Crippen molar-refractivity contribution in [3.63, 3.8) is 0 Å². The first kappa shape index (κ1) is 16.5. The normalized spacial score (nSPS) is 10.4. The molecular formula is C17H28N2O. The van der Waals surface area contributed by atoms with Gasteiger partial charge in [0.2, 0.25) is 0 Å². The molecule has 0 fully saturated rings. The van der Waals surface area contributed by atoms with Crippen LogP contribution in [0, 0.1) is 13.8 Å². The van der Waals surface area contributed by atoms with Gasteiger partial charge in [-0.1, -0.05) is 38.8 Å². The summed E-state index contributed by atoms with van der Waals surface area (Å²) in [5.74, 6) is 0. The number of carbonyl (C=O) groups is 1. The second-order valence-corrected chi connectivity index (χ2v) is 5.37. The standard InChI is InChI=1S/C17H28N2O/c1-5-7-12-19(13-8-6-2)17(20)18-16-11-9-10-14(3)15(16)4/h9-11H,5-8,12-13H2,1-4H3,(H,18,20). The van der Waals surface area contributed by atoms with Gasteiger partial charge in [-0.2, -0.15) is 0 Å². The average molecular weight is 276 g/mol. The number of nitrogens with one attached hydrogen (secondary N) is 1. The smallest absolute Gasteiger partial charge is 0.321 e. The molecule has 0 aliphatic heterocycles. The Hall–Kier alpha value is -1.51. The number of benzene rings is 1. The highest BCUT2D eigenvalue weighted by atomic mass is 16.2. The Bertz CT molecular complexity index is 421. The maximum Gasteiger partial charge on any atom is 0.321 e. The van der Waals surface area contributed by atoms with Crippen LogP contribution in [0.4, 0.5) is 10.5 Å². The first-order valence-electron chi connectivity index (χ1n) is 7.72. The van der Waals surface area contributed by atoms with E-state index in [2.05, 4.69) is 32.2 Å². The molecule has 1 aromatic rings. The minimum Gasteiger partial charge on any atom is -0.325 e. The molecule has 20 heavy (non-hydrogen) atoms. The van der Waals surface area contributed by atoms with E-state index >= 15 is 0 Å². The first-order valence-corrected chi connectivity index (χ1v) is 7.72. The summed E-state index contributed by atoms with van der Waals surface area (Å²) in [6, 6.07) is 6.05. The Morgan fingerprint density at radius 3 is 2.25 bits per heavy atom. The number of nitrogens with zero attached hydrogens (tertiary/aromatic N) is 1. The number of anilines is 1. The lowest BCUT2D eigenvalue weighted by molar-refractivity contribution is 0.210. The molecule has 0 saturated heterocycles. The third-order valence-corrected chi connectivity index (χ3v) is 3.70. The zero-order valence-electron chi connectivity index (χ0n) is 13.3. The van der Waals surface area contributed by atoms with Gasteiger partial charge in [0.05, 0.1) is 0 Å². The van der Waals surface area contributed by atoms with E-state index in [1.165, 1.54) is 5.56 Å². The van der Waals surface area contributed by atoms with Crippen molar-refractivity contribution < 1.29 is 4.79 Å². The molecule has 1 aromatic carbocycles. The second-order valence-electron chi connectivity index (χ2n) is 5.37. The van der Waals surface area contributed by atoms with E-state index in [4.69, 9.17) is 0 Å². The predicted octanol–water partition coefficient (Wildman–Crippen LogP) is 4.74. The van der Waals surface area contributed by atoms with Crippen LogP contribution in [0.5, 0.6) is 0 Å².